The lowest BCUT2D eigenvalue weighted by atomic mass is 10.1. The highest BCUT2D eigenvalue weighted by atomic mass is 19.4. The first kappa shape index (κ1) is 26.0. The minimum absolute atomic E-state index is 0.0227. The quantitative estimate of drug-likeness (QED) is 0.542. The van der Waals surface area contributed by atoms with Crippen LogP contribution >= 0.6 is 0 Å². The molecule has 1 saturated heterocycles. The standard InChI is InChI=1S/C19H24F6N6O3/c1-9(34-10(2)18(20,21)22)16(26)12-7-31-14(28-12)4-11(6-27-31)5-15(33-3)30-8-13(19(23,24)25)29-17(30)32/h4,6-7,9-10,13,15-16H,5,8,26H2,1-3H3,(H,29,32)/t9?,10?,13-,15?,16?/m0/s1. The third-order valence-corrected chi connectivity index (χ3v) is 5.49. The van der Waals surface area contributed by atoms with Gasteiger partial charge in [0.05, 0.1) is 36.8 Å². The van der Waals surface area contributed by atoms with Crippen molar-refractivity contribution in [1.29, 1.82) is 0 Å². The third-order valence-electron chi connectivity index (χ3n) is 5.49. The molecule has 0 aliphatic carbocycles. The first-order valence-electron chi connectivity index (χ1n) is 10.2. The summed E-state index contributed by atoms with van der Waals surface area (Å²) in [6.07, 6.45) is -10.3. The molecule has 3 heterocycles. The van der Waals surface area contributed by atoms with Crippen molar-refractivity contribution >= 4 is 11.7 Å². The number of rotatable bonds is 8. The van der Waals surface area contributed by atoms with Gasteiger partial charge in [-0.1, -0.05) is 0 Å². The summed E-state index contributed by atoms with van der Waals surface area (Å²) in [6.45, 7) is 1.67. The number of ether oxygens (including phenoxy) is 2. The number of alkyl halides is 6. The van der Waals surface area contributed by atoms with Crippen molar-refractivity contribution in [2.75, 3.05) is 13.7 Å². The molecule has 15 heteroatoms. The number of methoxy groups -OCH3 is 1. The van der Waals surface area contributed by atoms with Crippen LogP contribution in [0.2, 0.25) is 0 Å². The summed E-state index contributed by atoms with van der Waals surface area (Å²) < 4.78 is 88.6. The molecular weight excluding hydrogens is 474 g/mol. The lowest BCUT2D eigenvalue weighted by Gasteiger charge is -2.25. The predicted octanol–water partition coefficient (Wildman–Crippen LogP) is 2.56. The van der Waals surface area contributed by atoms with Crippen LogP contribution in [-0.4, -0.2) is 76.0 Å². The molecule has 1 aliphatic rings. The van der Waals surface area contributed by atoms with Gasteiger partial charge in [0.2, 0.25) is 0 Å². The van der Waals surface area contributed by atoms with E-state index in [1.54, 1.807) is 6.07 Å². The van der Waals surface area contributed by atoms with Gasteiger partial charge < -0.3 is 20.5 Å². The van der Waals surface area contributed by atoms with Gasteiger partial charge in [0.15, 0.2) is 11.8 Å². The van der Waals surface area contributed by atoms with E-state index in [9.17, 15) is 31.1 Å². The maximum atomic E-state index is 13.0. The monoisotopic (exact) mass is 498 g/mol. The molecule has 9 nitrogen and oxygen atoms in total. The minimum Gasteiger partial charge on any atom is -0.364 e. The lowest BCUT2D eigenvalue weighted by molar-refractivity contribution is -0.227. The zero-order valence-corrected chi connectivity index (χ0v) is 18.4. The highest BCUT2D eigenvalue weighted by Gasteiger charge is 2.48. The van der Waals surface area contributed by atoms with Gasteiger partial charge in [0, 0.05) is 13.5 Å². The molecule has 2 amide bonds. The number of nitrogens with two attached hydrogens (primary N) is 1. The average Bonchev–Trinajstić information content (AvgIpc) is 3.33. The Balaban J connectivity index is 1.72. The number of imidazole rings is 1. The normalized spacial score (nSPS) is 20.9. The topological polar surface area (TPSA) is 107 Å². The summed E-state index contributed by atoms with van der Waals surface area (Å²) in [5.74, 6) is 0. The highest BCUT2D eigenvalue weighted by Crippen LogP contribution is 2.28. The van der Waals surface area contributed by atoms with Crippen molar-refractivity contribution in [3.8, 4) is 0 Å². The second-order valence-corrected chi connectivity index (χ2v) is 7.97. The molecule has 0 spiro atoms. The van der Waals surface area contributed by atoms with Crippen LogP contribution in [0.1, 0.15) is 31.1 Å². The molecule has 3 N–H and O–H groups in total. The third kappa shape index (κ3) is 5.70. The molecule has 3 rings (SSSR count). The van der Waals surface area contributed by atoms with Gasteiger partial charge >= 0.3 is 18.4 Å². The molecule has 1 aliphatic heterocycles. The Morgan fingerprint density at radius 2 is 1.94 bits per heavy atom. The maximum Gasteiger partial charge on any atom is 0.414 e. The number of fused-ring (bicyclic) bond motifs is 1. The Morgan fingerprint density at radius 3 is 2.50 bits per heavy atom. The molecule has 5 atom stereocenters. The van der Waals surface area contributed by atoms with E-state index in [0.29, 0.717) is 11.2 Å². The Morgan fingerprint density at radius 1 is 1.26 bits per heavy atom. The van der Waals surface area contributed by atoms with E-state index < -0.39 is 55.4 Å². The molecule has 0 aromatic carbocycles. The van der Waals surface area contributed by atoms with Gasteiger partial charge in [-0.3, -0.25) is 4.90 Å². The smallest absolute Gasteiger partial charge is 0.364 e. The van der Waals surface area contributed by atoms with E-state index in [0.717, 1.165) is 11.8 Å². The zero-order valence-electron chi connectivity index (χ0n) is 18.4. The van der Waals surface area contributed by atoms with Crippen LogP contribution in [-0.2, 0) is 15.9 Å². The minimum atomic E-state index is -4.59. The van der Waals surface area contributed by atoms with Gasteiger partial charge in [0.25, 0.3) is 0 Å². The molecule has 2 aromatic heterocycles. The van der Waals surface area contributed by atoms with Crippen LogP contribution in [0, 0.1) is 0 Å². The van der Waals surface area contributed by atoms with Crippen molar-refractivity contribution < 1.29 is 40.6 Å². The van der Waals surface area contributed by atoms with E-state index in [-0.39, 0.29) is 12.1 Å². The zero-order chi connectivity index (χ0) is 25.4. The molecule has 4 unspecified atom stereocenters. The van der Waals surface area contributed by atoms with Crippen molar-refractivity contribution in [2.24, 2.45) is 5.73 Å². The number of amides is 2. The summed E-state index contributed by atoms with van der Waals surface area (Å²) in [5.41, 5.74) is 7.06. The number of halogens is 6. The number of urea groups is 1. The second kappa shape index (κ2) is 9.54. The number of hydrogen-bond donors (Lipinski definition) is 2. The second-order valence-electron chi connectivity index (χ2n) is 7.97. The van der Waals surface area contributed by atoms with Crippen molar-refractivity contribution in [1.82, 2.24) is 24.8 Å². The fourth-order valence-corrected chi connectivity index (χ4v) is 3.44. The number of nitrogens with zero attached hydrogens (tertiary/aromatic N) is 4. The van der Waals surface area contributed by atoms with Gasteiger partial charge in [-0.25, -0.2) is 14.3 Å². The van der Waals surface area contributed by atoms with Crippen LogP contribution < -0.4 is 11.1 Å². The molecule has 0 saturated carbocycles. The predicted molar refractivity (Wildman–Crippen MR) is 106 cm³/mol. The van der Waals surface area contributed by atoms with Gasteiger partial charge in [0.1, 0.15) is 12.3 Å². The van der Waals surface area contributed by atoms with E-state index >= 15 is 0 Å². The number of aromatic nitrogens is 3. The first-order chi connectivity index (χ1) is 15.7. The highest BCUT2D eigenvalue weighted by molar-refractivity contribution is 5.77. The number of carbonyl (C=O) groups is 1. The Hall–Kier alpha value is -2.65. The molecule has 2 aromatic rings. The number of nitrogens with one attached hydrogen (secondary N) is 1. The van der Waals surface area contributed by atoms with E-state index in [4.69, 9.17) is 15.2 Å². The van der Waals surface area contributed by atoms with E-state index in [1.165, 1.54) is 30.9 Å². The van der Waals surface area contributed by atoms with Gasteiger partial charge in [-0.05, 0) is 25.5 Å². The summed E-state index contributed by atoms with van der Waals surface area (Å²) in [5, 5.41) is 6.03. The van der Waals surface area contributed by atoms with E-state index in [2.05, 4.69) is 10.1 Å². The Labute approximate surface area is 190 Å². The molecule has 34 heavy (non-hydrogen) atoms. The Kier molecular flexibility index (Phi) is 7.28. The summed E-state index contributed by atoms with van der Waals surface area (Å²) >= 11 is 0. The van der Waals surface area contributed by atoms with Crippen molar-refractivity contribution in [2.45, 2.75) is 63.1 Å². The van der Waals surface area contributed by atoms with Crippen LogP contribution in [0.25, 0.3) is 5.65 Å². The van der Waals surface area contributed by atoms with Crippen LogP contribution in [0.4, 0.5) is 31.1 Å². The number of hydrogen-bond acceptors (Lipinski definition) is 6. The van der Waals surface area contributed by atoms with E-state index in [1.807, 2.05) is 5.32 Å². The average molecular weight is 498 g/mol. The van der Waals surface area contributed by atoms with Crippen molar-refractivity contribution in [3.05, 3.63) is 29.7 Å². The summed E-state index contributed by atoms with van der Waals surface area (Å²) in [7, 11) is 1.26. The van der Waals surface area contributed by atoms with Crippen molar-refractivity contribution in [3.63, 3.8) is 0 Å². The molecule has 1 fully saturated rings. The molecular formula is C19H24F6N6O3. The van der Waals surface area contributed by atoms with Crippen LogP contribution in [0.3, 0.4) is 0 Å². The molecule has 190 valence electrons. The summed E-state index contributed by atoms with van der Waals surface area (Å²) in [4.78, 5) is 17.2. The SMILES string of the molecule is COC(Cc1cnn2cc(C(N)C(C)OC(C)C(F)(F)F)nc2c1)N1C[C@@H](C(F)(F)F)NC1=O. The van der Waals surface area contributed by atoms with Crippen LogP contribution in [0.15, 0.2) is 18.5 Å². The largest absolute Gasteiger partial charge is 0.414 e. The summed E-state index contributed by atoms with van der Waals surface area (Å²) in [6, 6.07) is -2.32. The number of carbonyl (C=O) groups excluding carboxylic acids is 1. The van der Waals surface area contributed by atoms with Crippen LogP contribution in [0.5, 0.6) is 0 Å². The fourth-order valence-electron chi connectivity index (χ4n) is 3.44. The van der Waals surface area contributed by atoms with Gasteiger partial charge in [-0.15, -0.1) is 0 Å². The first-order valence-corrected chi connectivity index (χ1v) is 10.2. The Bertz CT molecular complexity index is 1010. The molecule has 0 radical (unpaired) electrons. The lowest BCUT2D eigenvalue weighted by Crippen LogP contribution is -2.41. The maximum absolute atomic E-state index is 13.0. The molecule has 0 bridgehead atoms. The fraction of sp³-hybridized carbons (Fsp3) is 0.632. The van der Waals surface area contributed by atoms with Gasteiger partial charge in [-0.2, -0.15) is 31.4 Å².